The zero-order chi connectivity index (χ0) is 31.7. The lowest BCUT2D eigenvalue weighted by molar-refractivity contribution is -0.634. The maximum Gasteiger partial charge on any atom is 0.284 e. The second-order valence-electron chi connectivity index (χ2n) is 12.1. The standard InChI is InChI=1S/C38H45N4OS/c1-7-28(4)24-36(27(2)3)41-37(40-6)26-31-10-14-33(15-11-31)35-18-16-34(17-19-35)32-12-8-30(9-13-32)25-29(5)44-38(39)42(20-21-42)22-23-43/h7,10-11,14-19,23-24,29-30,32,39H,2,6,8-9,12-13,22,25-26H2,1,3-5H3/q+1. The topological polar surface area (TPSA) is 65.6 Å². The molecule has 0 spiro atoms. The molecule has 1 aliphatic heterocycles. The molecular weight excluding hydrogens is 561 g/mol. The monoisotopic (exact) mass is 605 g/mol. The lowest BCUT2D eigenvalue weighted by atomic mass is 9.77. The number of benzene rings is 2. The summed E-state index contributed by atoms with van der Waals surface area (Å²) >= 11 is 1.56. The Hall–Kier alpha value is -3.79. The van der Waals surface area contributed by atoms with Crippen LogP contribution in [0, 0.1) is 23.4 Å². The van der Waals surface area contributed by atoms with Crippen molar-refractivity contribution in [2.45, 2.75) is 77.4 Å². The molecule has 1 N–H and O–H groups in total. The SMILES string of the molecule is C=NC(Cc1ccc(-c2ccc(C3CCC(CC(C)SC(=N)[N+]4(CC=O)C#C4)CC3)cc2)cc1)=NC(=CC(C)=CC)C(=C)C. The van der Waals surface area contributed by atoms with Crippen molar-refractivity contribution in [1.29, 1.82) is 5.41 Å². The molecule has 4 rings (SSSR count). The van der Waals surface area contributed by atoms with E-state index in [-0.39, 0.29) is 11.0 Å². The Morgan fingerprint density at radius 1 is 1.07 bits per heavy atom. The van der Waals surface area contributed by atoms with E-state index in [4.69, 9.17) is 10.4 Å². The Bertz CT molecular complexity index is 1520. The summed E-state index contributed by atoms with van der Waals surface area (Å²) in [6.45, 7) is 16.3. The lowest BCUT2D eigenvalue weighted by Gasteiger charge is -2.30. The van der Waals surface area contributed by atoms with Crippen molar-refractivity contribution in [3.8, 4) is 23.2 Å². The number of carbonyl (C=O) groups excluding carboxylic acids is 1. The van der Waals surface area contributed by atoms with Crippen LogP contribution in [0.1, 0.15) is 76.8 Å². The van der Waals surface area contributed by atoms with Crippen molar-refractivity contribution >= 4 is 35.8 Å². The number of aliphatic imine (C=N–C) groups is 2. The first-order valence-electron chi connectivity index (χ1n) is 15.5. The molecule has 1 saturated carbocycles. The Labute approximate surface area is 268 Å². The van der Waals surface area contributed by atoms with E-state index in [1.165, 1.54) is 42.4 Å². The summed E-state index contributed by atoms with van der Waals surface area (Å²) in [6, 6.07) is 23.6. The van der Waals surface area contributed by atoms with Crippen LogP contribution in [0.25, 0.3) is 11.1 Å². The quantitative estimate of drug-likeness (QED) is 0.0655. The van der Waals surface area contributed by atoms with Gasteiger partial charge in [-0.1, -0.05) is 73.7 Å². The average molecular weight is 606 g/mol. The zero-order valence-electron chi connectivity index (χ0n) is 26.6. The molecule has 228 valence electrons. The van der Waals surface area contributed by atoms with Gasteiger partial charge in [0.05, 0.1) is 5.70 Å². The van der Waals surface area contributed by atoms with E-state index < -0.39 is 0 Å². The Morgan fingerprint density at radius 2 is 1.68 bits per heavy atom. The lowest BCUT2D eigenvalue weighted by Crippen LogP contribution is -2.35. The third-order valence-corrected chi connectivity index (χ3v) is 9.75. The fourth-order valence-corrected chi connectivity index (χ4v) is 6.84. The number of allylic oxidation sites excluding steroid dienone is 4. The fraction of sp³-hybridized carbons (Fsp3) is 0.368. The van der Waals surface area contributed by atoms with Gasteiger partial charge in [0.2, 0.25) is 12.1 Å². The fourth-order valence-electron chi connectivity index (χ4n) is 5.74. The molecule has 2 aliphatic rings. The van der Waals surface area contributed by atoms with Gasteiger partial charge in [-0.2, -0.15) is 0 Å². The minimum absolute atomic E-state index is 0.0828. The van der Waals surface area contributed by atoms with Crippen LogP contribution >= 0.6 is 11.8 Å². The second-order valence-corrected chi connectivity index (χ2v) is 13.5. The van der Waals surface area contributed by atoms with Gasteiger partial charge in [-0.05, 0) is 117 Å². The molecule has 6 heteroatoms. The Morgan fingerprint density at radius 3 is 2.20 bits per heavy atom. The largest absolute Gasteiger partial charge is 0.297 e. The van der Waals surface area contributed by atoms with Gasteiger partial charge >= 0.3 is 0 Å². The Balaban J connectivity index is 1.29. The molecular formula is C38H45N4OS+. The summed E-state index contributed by atoms with van der Waals surface area (Å²) in [4.78, 5) is 19.9. The number of thioether (sulfide) groups is 1. The van der Waals surface area contributed by atoms with Gasteiger partial charge in [-0.25, -0.2) is 15.4 Å². The zero-order valence-corrected chi connectivity index (χ0v) is 27.4. The van der Waals surface area contributed by atoms with Crippen molar-refractivity contribution in [2.75, 3.05) is 6.54 Å². The second kappa shape index (κ2) is 15.3. The molecule has 1 unspecified atom stereocenters. The molecule has 44 heavy (non-hydrogen) atoms. The van der Waals surface area contributed by atoms with Gasteiger partial charge in [0, 0.05) is 11.7 Å². The van der Waals surface area contributed by atoms with Gasteiger partial charge in [0.15, 0.2) is 12.8 Å². The number of amidine groups is 2. The molecule has 5 nitrogen and oxygen atoms in total. The van der Waals surface area contributed by atoms with E-state index >= 15 is 0 Å². The smallest absolute Gasteiger partial charge is 0.284 e. The molecule has 0 bridgehead atoms. The highest BCUT2D eigenvalue weighted by molar-refractivity contribution is 8.13. The summed E-state index contributed by atoms with van der Waals surface area (Å²) < 4.78 is 0.0828. The molecule has 1 atom stereocenters. The maximum atomic E-state index is 10.9. The van der Waals surface area contributed by atoms with Crippen LogP contribution in [-0.2, 0) is 11.2 Å². The van der Waals surface area contributed by atoms with E-state index in [1.54, 1.807) is 11.8 Å². The first-order valence-corrected chi connectivity index (χ1v) is 16.4. The molecule has 1 heterocycles. The number of aldehydes is 1. The average Bonchev–Trinajstić information content (AvgIpc) is 3.82. The minimum atomic E-state index is 0.0828. The summed E-state index contributed by atoms with van der Waals surface area (Å²) in [5, 5.41) is 9.18. The molecule has 2 aromatic carbocycles. The summed E-state index contributed by atoms with van der Waals surface area (Å²) in [5.74, 6) is 1.98. The molecule has 1 fully saturated rings. The highest BCUT2D eigenvalue weighted by Crippen LogP contribution is 2.40. The van der Waals surface area contributed by atoms with Crippen LogP contribution in [0.5, 0.6) is 0 Å². The van der Waals surface area contributed by atoms with Crippen LogP contribution in [0.15, 0.2) is 94.1 Å². The van der Waals surface area contributed by atoms with Gasteiger partial charge in [0.1, 0.15) is 5.84 Å². The third kappa shape index (κ3) is 8.87. The first-order chi connectivity index (χ1) is 21.2. The van der Waals surface area contributed by atoms with Gasteiger partial charge in [0.25, 0.3) is 5.17 Å². The highest BCUT2D eigenvalue weighted by atomic mass is 32.2. The van der Waals surface area contributed by atoms with Gasteiger partial charge < -0.3 is 0 Å². The molecule has 0 amide bonds. The van der Waals surface area contributed by atoms with Crippen molar-refractivity contribution in [2.24, 2.45) is 15.9 Å². The first kappa shape index (κ1) is 33.1. The van der Waals surface area contributed by atoms with Crippen molar-refractivity contribution in [1.82, 2.24) is 0 Å². The van der Waals surface area contributed by atoms with E-state index in [0.717, 1.165) is 35.1 Å². The minimum Gasteiger partial charge on any atom is -0.297 e. The summed E-state index contributed by atoms with van der Waals surface area (Å²) in [7, 11) is 0. The van der Waals surface area contributed by atoms with Gasteiger partial charge in [-0.15, -0.1) is 4.48 Å². The third-order valence-electron chi connectivity index (χ3n) is 8.62. The number of quaternary nitrogens is 1. The molecule has 1 aliphatic carbocycles. The normalized spacial score (nSPS) is 20.2. The molecule has 0 aromatic heterocycles. The van der Waals surface area contributed by atoms with E-state index in [9.17, 15) is 4.79 Å². The maximum absolute atomic E-state index is 10.9. The van der Waals surface area contributed by atoms with E-state index in [2.05, 4.69) is 85.8 Å². The number of nitrogens with zero attached hydrogens (tertiary/aromatic N) is 3. The van der Waals surface area contributed by atoms with Crippen molar-refractivity contribution in [3.63, 3.8) is 0 Å². The Kier molecular flexibility index (Phi) is 11.5. The summed E-state index contributed by atoms with van der Waals surface area (Å²) in [5.41, 5.74) is 7.84. The van der Waals surface area contributed by atoms with Crippen LogP contribution < -0.4 is 0 Å². The van der Waals surface area contributed by atoms with Crippen LogP contribution in [0.2, 0.25) is 0 Å². The number of carbonyl (C=O) groups is 1. The van der Waals surface area contributed by atoms with Gasteiger partial charge in [-0.3, -0.25) is 4.79 Å². The highest BCUT2D eigenvalue weighted by Gasteiger charge is 2.43. The molecule has 0 radical (unpaired) electrons. The predicted molar refractivity (Wildman–Crippen MR) is 188 cm³/mol. The van der Waals surface area contributed by atoms with E-state index in [0.29, 0.717) is 34.5 Å². The van der Waals surface area contributed by atoms with Crippen LogP contribution in [0.4, 0.5) is 0 Å². The number of rotatable bonds is 12. The molecule has 0 saturated heterocycles. The number of hydrogen-bond acceptors (Lipinski definition) is 4. The number of hydrogen-bond donors (Lipinski definition) is 1. The van der Waals surface area contributed by atoms with E-state index in [1.807, 2.05) is 32.9 Å². The van der Waals surface area contributed by atoms with Crippen molar-refractivity contribution in [3.05, 3.63) is 95.2 Å². The number of nitrogens with one attached hydrogen (secondary N) is 1. The van der Waals surface area contributed by atoms with Crippen LogP contribution in [0.3, 0.4) is 0 Å². The molecule has 2 aromatic rings. The predicted octanol–water partition coefficient (Wildman–Crippen LogP) is 9.09. The van der Waals surface area contributed by atoms with Crippen molar-refractivity contribution < 1.29 is 9.28 Å². The van der Waals surface area contributed by atoms with Crippen LogP contribution in [-0.4, -0.2) is 40.3 Å². The summed E-state index contributed by atoms with van der Waals surface area (Å²) in [6.07, 6.45) is 11.5.